The number of nitrogens with one attached hydrogen (secondary N) is 1. The summed E-state index contributed by atoms with van der Waals surface area (Å²) in [6.45, 7) is 3.52. The van der Waals surface area contributed by atoms with E-state index in [1.807, 2.05) is 35.2 Å². The van der Waals surface area contributed by atoms with E-state index in [-0.39, 0.29) is 11.9 Å². The van der Waals surface area contributed by atoms with Crippen molar-refractivity contribution in [3.63, 3.8) is 0 Å². The number of fused-ring (bicyclic) bond motifs is 1. The number of H-pyrrole nitrogens is 1. The highest BCUT2D eigenvalue weighted by atomic mass is 16.2. The lowest BCUT2D eigenvalue weighted by Crippen LogP contribution is -2.34. The molecule has 4 nitrogen and oxygen atoms in total. The molecule has 0 aliphatic carbocycles. The van der Waals surface area contributed by atoms with E-state index in [0.29, 0.717) is 18.2 Å². The topological polar surface area (TPSA) is 62.1 Å². The third-order valence-electron chi connectivity index (χ3n) is 4.02. The second kappa shape index (κ2) is 4.70. The van der Waals surface area contributed by atoms with Crippen LogP contribution in [0, 0.1) is 5.92 Å². The van der Waals surface area contributed by atoms with Gasteiger partial charge in [0.05, 0.1) is 0 Å². The summed E-state index contributed by atoms with van der Waals surface area (Å²) in [7, 11) is 0. The van der Waals surface area contributed by atoms with E-state index in [2.05, 4.69) is 11.9 Å². The van der Waals surface area contributed by atoms with Crippen LogP contribution in [0.3, 0.4) is 0 Å². The van der Waals surface area contributed by atoms with E-state index >= 15 is 0 Å². The molecule has 100 valence electrons. The number of benzene rings is 1. The van der Waals surface area contributed by atoms with Gasteiger partial charge in [-0.25, -0.2) is 0 Å². The molecule has 3 N–H and O–H groups in total. The number of aromatic nitrogens is 1. The van der Waals surface area contributed by atoms with Gasteiger partial charge < -0.3 is 15.6 Å². The van der Waals surface area contributed by atoms with Crippen LogP contribution in [0.1, 0.15) is 23.8 Å². The van der Waals surface area contributed by atoms with Crippen molar-refractivity contribution in [2.45, 2.75) is 19.4 Å². The first-order valence-corrected chi connectivity index (χ1v) is 6.78. The SMILES string of the molecule is CC1CC(CN)CN1C(=O)c1cc2ccccc2[nH]1. The van der Waals surface area contributed by atoms with Crippen molar-refractivity contribution in [2.75, 3.05) is 13.1 Å². The molecule has 0 saturated carbocycles. The number of likely N-dealkylation sites (tertiary alicyclic amines) is 1. The van der Waals surface area contributed by atoms with Crippen molar-refractivity contribution in [2.24, 2.45) is 11.7 Å². The molecule has 2 unspecified atom stereocenters. The van der Waals surface area contributed by atoms with Crippen molar-refractivity contribution >= 4 is 16.8 Å². The van der Waals surface area contributed by atoms with Crippen LogP contribution in [0.2, 0.25) is 0 Å². The van der Waals surface area contributed by atoms with Crippen LogP contribution < -0.4 is 5.73 Å². The number of para-hydroxylation sites is 1. The lowest BCUT2D eigenvalue weighted by Gasteiger charge is -2.20. The Bertz CT molecular complexity index is 571. The molecule has 1 aliphatic heterocycles. The van der Waals surface area contributed by atoms with Crippen molar-refractivity contribution in [3.05, 3.63) is 36.0 Å². The maximum absolute atomic E-state index is 12.5. The maximum Gasteiger partial charge on any atom is 0.270 e. The zero-order chi connectivity index (χ0) is 13.4. The number of hydrogen-bond donors (Lipinski definition) is 2. The third kappa shape index (κ3) is 2.12. The number of carbonyl (C=O) groups is 1. The van der Waals surface area contributed by atoms with Gasteiger partial charge >= 0.3 is 0 Å². The molecule has 0 spiro atoms. The fourth-order valence-electron chi connectivity index (χ4n) is 2.94. The molecule has 1 aliphatic rings. The fourth-order valence-corrected chi connectivity index (χ4v) is 2.94. The summed E-state index contributed by atoms with van der Waals surface area (Å²) < 4.78 is 0. The molecule has 19 heavy (non-hydrogen) atoms. The minimum absolute atomic E-state index is 0.0830. The molecule has 2 atom stereocenters. The number of rotatable bonds is 2. The van der Waals surface area contributed by atoms with E-state index in [1.54, 1.807) is 0 Å². The summed E-state index contributed by atoms with van der Waals surface area (Å²) in [5, 5.41) is 1.08. The molecule has 0 bridgehead atoms. The molecule has 4 heteroatoms. The number of nitrogens with two attached hydrogens (primary N) is 1. The lowest BCUT2D eigenvalue weighted by molar-refractivity contribution is 0.0738. The molecule has 1 aromatic heterocycles. The van der Waals surface area contributed by atoms with Gasteiger partial charge in [-0.15, -0.1) is 0 Å². The number of aromatic amines is 1. The van der Waals surface area contributed by atoms with E-state index in [9.17, 15) is 4.79 Å². The van der Waals surface area contributed by atoms with Crippen LogP contribution in [0.5, 0.6) is 0 Å². The van der Waals surface area contributed by atoms with Crippen LogP contribution in [0.15, 0.2) is 30.3 Å². The first kappa shape index (κ1) is 12.2. The summed E-state index contributed by atoms with van der Waals surface area (Å²) in [5.41, 5.74) is 7.39. The summed E-state index contributed by atoms with van der Waals surface area (Å²) in [5.74, 6) is 0.517. The Balaban J connectivity index is 1.87. The zero-order valence-corrected chi connectivity index (χ0v) is 11.1. The Morgan fingerprint density at radius 3 is 2.95 bits per heavy atom. The Labute approximate surface area is 112 Å². The summed E-state index contributed by atoms with van der Waals surface area (Å²) in [6, 6.07) is 10.2. The van der Waals surface area contributed by atoms with Crippen molar-refractivity contribution < 1.29 is 4.79 Å². The van der Waals surface area contributed by atoms with Gasteiger partial charge in [0.2, 0.25) is 0 Å². The van der Waals surface area contributed by atoms with Crippen molar-refractivity contribution in [1.29, 1.82) is 0 Å². The van der Waals surface area contributed by atoms with Crippen LogP contribution in [0.25, 0.3) is 10.9 Å². The number of carbonyl (C=O) groups excluding carboxylic acids is 1. The van der Waals surface area contributed by atoms with Gasteiger partial charge in [-0.2, -0.15) is 0 Å². The maximum atomic E-state index is 12.5. The van der Waals surface area contributed by atoms with E-state index < -0.39 is 0 Å². The van der Waals surface area contributed by atoms with Crippen LogP contribution in [-0.2, 0) is 0 Å². The van der Waals surface area contributed by atoms with Gasteiger partial charge in [0.25, 0.3) is 5.91 Å². The van der Waals surface area contributed by atoms with Gasteiger partial charge in [-0.1, -0.05) is 18.2 Å². The molecule has 2 aromatic rings. The number of nitrogens with zero attached hydrogens (tertiary/aromatic N) is 1. The average Bonchev–Trinajstić information content (AvgIpc) is 3.01. The molecule has 2 heterocycles. The minimum Gasteiger partial charge on any atom is -0.351 e. The number of amides is 1. The second-order valence-corrected chi connectivity index (χ2v) is 5.41. The largest absolute Gasteiger partial charge is 0.351 e. The smallest absolute Gasteiger partial charge is 0.270 e. The predicted octanol–water partition coefficient (Wildman–Crippen LogP) is 1.98. The number of hydrogen-bond acceptors (Lipinski definition) is 2. The van der Waals surface area contributed by atoms with Gasteiger partial charge in [0, 0.05) is 23.5 Å². The molecule has 3 rings (SSSR count). The van der Waals surface area contributed by atoms with Crippen LogP contribution in [0.4, 0.5) is 0 Å². The Kier molecular flexibility index (Phi) is 3.03. The molecule has 1 fully saturated rings. The molecule has 1 saturated heterocycles. The highest BCUT2D eigenvalue weighted by Gasteiger charge is 2.32. The van der Waals surface area contributed by atoms with Gasteiger partial charge in [0.15, 0.2) is 0 Å². The minimum atomic E-state index is 0.0830. The zero-order valence-electron chi connectivity index (χ0n) is 11.1. The fraction of sp³-hybridized carbons (Fsp3) is 0.400. The Morgan fingerprint density at radius 1 is 1.47 bits per heavy atom. The molecule has 1 amide bonds. The molecular formula is C15H19N3O. The third-order valence-corrected chi connectivity index (χ3v) is 4.02. The van der Waals surface area contributed by atoms with Crippen LogP contribution >= 0.6 is 0 Å². The molecule has 0 radical (unpaired) electrons. The first-order valence-electron chi connectivity index (χ1n) is 6.78. The lowest BCUT2D eigenvalue weighted by atomic mass is 10.1. The highest BCUT2D eigenvalue weighted by molar-refractivity contribution is 5.98. The Hall–Kier alpha value is -1.81. The monoisotopic (exact) mass is 257 g/mol. The average molecular weight is 257 g/mol. The summed E-state index contributed by atoms with van der Waals surface area (Å²) in [4.78, 5) is 17.7. The Morgan fingerprint density at radius 2 is 2.26 bits per heavy atom. The summed E-state index contributed by atoms with van der Waals surface area (Å²) >= 11 is 0. The van der Waals surface area contributed by atoms with Gasteiger partial charge in [0.1, 0.15) is 5.69 Å². The molecule has 1 aromatic carbocycles. The highest BCUT2D eigenvalue weighted by Crippen LogP contribution is 2.25. The molecular weight excluding hydrogens is 238 g/mol. The van der Waals surface area contributed by atoms with Crippen LogP contribution in [-0.4, -0.2) is 34.9 Å². The van der Waals surface area contributed by atoms with Gasteiger partial charge in [-0.3, -0.25) is 4.79 Å². The van der Waals surface area contributed by atoms with Gasteiger partial charge in [-0.05, 0) is 37.9 Å². The van der Waals surface area contributed by atoms with E-state index in [4.69, 9.17) is 5.73 Å². The van der Waals surface area contributed by atoms with E-state index in [1.165, 1.54) is 0 Å². The predicted molar refractivity (Wildman–Crippen MR) is 76.0 cm³/mol. The second-order valence-electron chi connectivity index (χ2n) is 5.41. The standard InChI is InChI=1S/C15H19N3O/c1-10-6-11(8-16)9-18(10)15(19)14-7-12-4-2-3-5-13(12)17-14/h2-5,7,10-11,17H,6,8-9,16H2,1H3. The normalized spacial score (nSPS) is 23.2. The summed E-state index contributed by atoms with van der Waals surface area (Å²) in [6.07, 6.45) is 1.00. The quantitative estimate of drug-likeness (QED) is 0.864. The van der Waals surface area contributed by atoms with E-state index in [0.717, 1.165) is 23.9 Å². The van der Waals surface area contributed by atoms with Crippen molar-refractivity contribution in [3.8, 4) is 0 Å². The van der Waals surface area contributed by atoms with Crippen molar-refractivity contribution in [1.82, 2.24) is 9.88 Å². The first-order chi connectivity index (χ1) is 9.19.